The van der Waals surface area contributed by atoms with Crippen LogP contribution in [-0.2, 0) is 4.79 Å². The van der Waals surface area contributed by atoms with Crippen molar-refractivity contribution in [1.82, 2.24) is 0 Å². The third-order valence-corrected chi connectivity index (χ3v) is 1.62. The van der Waals surface area contributed by atoms with Crippen LogP contribution in [0.25, 0.3) is 0 Å². The van der Waals surface area contributed by atoms with Crippen molar-refractivity contribution in [3.8, 4) is 6.07 Å². The van der Waals surface area contributed by atoms with Crippen molar-refractivity contribution in [3.05, 3.63) is 29.8 Å². The number of anilines is 1. The highest BCUT2D eigenvalue weighted by Crippen LogP contribution is 2.09. The minimum Gasteiger partial charge on any atom is -0.411 e. The first kappa shape index (κ1) is 11.4. The Morgan fingerprint density at radius 3 is 3.00 bits per heavy atom. The second kappa shape index (κ2) is 5.93. The van der Waals surface area contributed by atoms with Gasteiger partial charge in [0, 0.05) is 0 Å². The number of carbonyl (C=O) groups excluding carboxylic acids is 1. The monoisotopic (exact) mass is 216 g/mol. The van der Waals surface area contributed by atoms with Crippen LogP contribution in [0.1, 0.15) is 5.56 Å². The number of benzene rings is 1. The van der Waals surface area contributed by atoms with Gasteiger partial charge in [-0.05, 0) is 18.2 Å². The smallest absolute Gasteiger partial charge is 0.171 e. The molecule has 0 aliphatic rings. The SMILES string of the molecule is N#Cc1cccc(N/N=C(C=O)\C=N\O)c1. The maximum absolute atomic E-state index is 10.4. The molecule has 0 amide bonds. The van der Waals surface area contributed by atoms with Crippen molar-refractivity contribution in [1.29, 1.82) is 5.26 Å². The topological polar surface area (TPSA) is 97.8 Å². The van der Waals surface area contributed by atoms with Crippen molar-refractivity contribution in [2.45, 2.75) is 0 Å². The maximum atomic E-state index is 10.4. The van der Waals surface area contributed by atoms with Crippen LogP contribution in [0.5, 0.6) is 0 Å². The Morgan fingerprint density at radius 2 is 2.38 bits per heavy atom. The Labute approximate surface area is 91.5 Å². The van der Waals surface area contributed by atoms with Gasteiger partial charge in [0.2, 0.25) is 0 Å². The van der Waals surface area contributed by atoms with Crippen LogP contribution in [0.4, 0.5) is 5.69 Å². The summed E-state index contributed by atoms with van der Waals surface area (Å²) >= 11 is 0. The number of nitrogens with zero attached hydrogens (tertiary/aromatic N) is 3. The van der Waals surface area contributed by atoms with Gasteiger partial charge in [-0.3, -0.25) is 10.2 Å². The van der Waals surface area contributed by atoms with Crippen LogP contribution in [-0.4, -0.2) is 23.4 Å². The van der Waals surface area contributed by atoms with Crippen molar-refractivity contribution in [3.63, 3.8) is 0 Å². The number of rotatable bonds is 4. The summed E-state index contributed by atoms with van der Waals surface area (Å²) in [5.41, 5.74) is 3.53. The predicted octanol–water partition coefficient (Wildman–Crippen LogP) is 0.985. The molecule has 6 nitrogen and oxygen atoms in total. The average molecular weight is 216 g/mol. The van der Waals surface area contributed by atoms with E-state index in [0.717, 1.165) is 6.21 Å². The molecule has 1 aromatic carbocycles. The molecule has 1 rings (SSSR count). The quantitative estimate of drug-likeness (QED) is 0.339. The number of aldehydes is 1. The highest BCUT2D eigenvalue weighted by Gasteiger charge is 1.95. The molecule has 0 saturated heterocycles. The van der Waals surface area contributed by atoms with E-state index in [1.54, 1.807) is 24.3 Å². The lowest BCUT2D eigenvalue weighted by atomic mass is 10.2. The molecule has 0 saturated carbocycles. The second-order valence-electron chi connectivity index (χ2n) is 2.70. The van der Waals surface area contributed by atoms with Gasteiger partial charge < -0.3 is 5.21 Å². The fourth-order valence-electron chi connectivity index (χ4n) is 0.932. The van der Waals surface area contributed by atoms with Gasteiger partial charge in [0.1, 0.15) is 5.71 Å². The molecular formula is C10H8N4O2. The van der Waals surface area contributed by atoms with Crippen LogP contribution in [0.2, 0.25) is 0 Å². The summed E-state index contributed by atoms with van der Waals surface area (Å²) in [5.74, 6) is 0. The fourth-order valence-corrected chi connectivity index (χ4v) is 0.932. The van der Waals surface area contributed by atoms with Crippen LogP contribution in [0.3, 0.4) is 0 Å². The summed E-state index contributed by atoms with van der Waals surface area (Å²) in [6, 6.07) is 8.55. The number of nitrogens with one attached hydrogen (secondary N) is 1. The molecule has 0 aromatic heterocycles. The van der Waals surface area contributed by atoms with Gasteiger partial charge >= 0.3 is 0 Å². The predicted molar refractivity (Wildman–Crippen MR) is 58.6 cm³/mol. The molecule has 0 bridgehead atoms. The standard InChI is InChI=1S/C10H8N4O2/c11-5-8-2-1-3-9(4-8)13-14-10(7-15)6-12-16/h1-4,6-7,13,16H/b12-6+,14-10+. The Morgan fingerprint density at radius 1 is 1.56 bits per heavy atom. The molecule has 6 heteroatoms. The van der Waals surface area contributed by atoms with E-state index in [4.69, 9.17) is 10.5 Å². The number of hydrogen-bond donors (Lipinski definition) is 2. The molecule has 0 atom stereocenters. The number of carbonyl (C=O) groups is 1. The lowest BCUT2D eigenvalue weighted by molar-refractivity contribution is -0.102. The molecule has 0 fully saturated rings. The molecule has 2 N–H and O–H groups in total. The zero-order valence-corrected chi connectivity index (χ0v) is 8.16. The highest BCUT2D eigenvalue weighted by atomic mass is 16.4. The number of hydrazone groups is 1. The van der Waals surface area contributed by atoms with Gasteiger partial charge in [0.05, 0.1) is 23.5 Å². The molecular weight excluding hydrogens is 208 g/mol. The summed E-state index contributed by atoms with van der Waals surface area (Å²) in [7, 11) is 0. The summed E-state index contributed by atoms with van der Waals surface area (Å²) < 4.78 is 0. The van der Waals surface area contributed by atoms with E-state index in [2.05, 4.69) is 15.7 Å². The highest BCUT2D eigenvalue weighted by molar-refractivity contribution is 6.54. The van der Waals surface area contributed by atoms with E-state index in [0.29, 0.717) is 17.5 Å². The first-order valence-electron chi connectivity index (χ1n) is 4.26. The Kier molecular flexibility index (Phi) is 4.22. The van der Waals surface area contributed by atoms with Gasteiger partial charge in [0.25, 0.3) is 0 Å². The molecule has 0 unspecified atom stereocenters. The molecule has 0 radical (unpaired) electrons. The average Bonchev–Trinajstić information content (AvgIpc) is 2.34. The molecule has 0 aliphatic heterocycles. The molecule has 0 aliphatic carbocycles. The maximum Gasteiger partial charge on any atom is 0.171 e. The first-order chi connectivity index (χ1) is 7.80. The fraction of sp³-hybridized carbons (Fsp3) is 0. The van der Waals surface area contributed by atoms with Crippen LogP contribution in [0.15, 0.2) is 34.5 Å². The van der Waals surface area contributed by atoms with Gasteiger partial charge in [-0.1, -0.05) is 11.2 Å². The molecule has 80 valence electrons. The Hall–Kier alpha value is -2.68. The van der Waals surface area contributed by atoms with Crippen LogP contribution >= 0.6 is 0 Å². The van der Waals surface area contributed by atoms with Crippen LogP contribution in [0, 0.1) is 11.3 Å². The lowest BCUT2D eigenvalue weighted by Crippen LogP contribution is -2.05. The summed E-state index contributed by atoms with van der Waals surface area (Å²) in [4.78, 5) is 10.4. The third-order valence-electron chi connectivity index (χ3n) is 1.62. The van der Waals surface area contributed by atoms with Crippen molar-refractivity contribution < 1.29 is 10.0 Å². The Bertz CT molecular complexity index is 474. The molecule has 0 spiro atoms. The largest absolute Gasteiger partial charge is 0.411 e. The van der Waals surface area contributed by atoms with E-state index in [1.165, 1.54) is 0 Å². The zero-order valence-electron chi connectivity index (χ0n) is 8.16. The number of oxime groups is 1. The minimum absolute atomic E-state index is 0.0649. The van der Waals surface area contributed by atoms with Crippen molar-refractivity contribution in [2.75, 3.05) is 5.43 Å². The summed E-state index contributed by atoms with van der Waals surface area (Å²) in [6.07, 6.45) is 1.33. The molecule has 0 heterocycles. The van der Waals surface area contributed by atoms with Gasteiger partial charge in [-0.15, -0.1) is 0 Å². The van der Waals surface area contributed by atoms with E-state index in [9.17, 15) is 4.79 Å². The zero-order chi connectivity index (χ0) is 11.8. The van der Waals surface area contributed by atoms with Gasteiger partial charge in [-0.25, -0.2) is 0 Å². The van der Waals surface area contributed by atoms with Crippen LogP contribution < -0.4 is 5.43 Å². The molecule has 16 heavy (non-hydrogen) atoms. The van der Waals surface area contributed by atoms with E-state index < -0.39 is 0 Å². The third kappa shape index (κ3) is 3.23. The van der Waals surface area contributed by atoms with Crippen molar-refractivity contribution >= 4 is 23.9 Å². The summed E-state index contributed by atoms with van der Waals surface area (Å²) in [6.45, 7) is 0. The van der Waals surface area contributed by atoms with E-state index >= 15 is 0 Å². The summed E-state index contributed by atoms with van der Waals surface area (Å²) in [5, 5.41) is 23.2. The minimum atomic E-state index is -0.0649. The van der Waals surface area contributed by atoms with Gasteiger partial charge in [-0.2, -0.15) is 10.4 Å². The first-order valence-corrected chi connectivity index (χ1v) is 4.26. The van der Waals surface area contributed by atoms with E-state index in [1.807, 2.05) is 6.07 Å². The Balaban J connectivity index is 2.81. The normalized spacial score (nSPS) is 11.1. The number of hydrogen-bond acceptors (Lipinski definition) is 6. The lowest BCUT2D eigenvalue weighted by Gasteiger charge is -1.99. The van der Waals surface area contributed by atoms with Gasteiger partial charge in [0.15, 0.2) is 6.29 Å². The van der Waals surface area contributed by atoms with E-state index in [-0.39, 0.29) is 5.71 Å². The number of nitriles is 1. The second-order valence-corrected chi connectivity index (χ2v) is 2.70. The van der Waals surface area contributed by atoms with Crippen molar-refractivity contribution in [2.24, 2.45) is 10.3 Å². The molecule has 1 aromatic rings.